The fourth-order valence-corrected chi connectivity index (χ4v) is 1.91. The number of carboxylic acids is 1. The largest absolute Gasteiger partial charge is 0.480 e. The zero-order valence-electron chi connectivity index (χ0n) is 10.9. The quantitative estimate of drug-likeness (QED) is 0.793. The lowest BCUT2D eigenvalue weighted by Gasteiger charge is -2.26. The number of rotatable bonds is 4. The molecule has 0 spiro atoms. The van der Waals surface area contributed by atoms with Crippen molar-refractivity contribution in [3.05, 3.63) is 0 Å². The van der Waals surface area contributed by atoms with Crippen molar-refractivity contribution in [2.45, 2.75) is 58.6 Å². The molecule has 0 bridgehead atoms. The van der Waals surface area contributed by atoms with Crippen LogP contribution in [0, 0.1) is 5.41 Å². The van der Waals surface area contributed by atoms with Crippen LogP contribution in [0.3, 0.4) is 0 Å². The van der Waals surface area contributed by atoms with Crippen molar-refractivity contribution in [2.75, 3.05) is 0 Å². The first-order valence-corrected chi connectivity index (χ1v) is 5.92. The van der Waals surface area contributed by atoms with Crippen molar-refractivity contribution in [1.82, 2.24) is 5.32 Å². The monoisotopic (exact) mass is 243 g/mol. The molecule has 0 radical (unpaired) electrons. The van der Waals surface area contributed by atoms with Crippen molar-refractivity contribution in [1.29, 1.82) is 0 Å². The summed E-state index contributed by atoms with van der Waals surface area (Å²) in [4.78, 5) is 22.7. The third kappa shape index (κ3) is 3.61. The van der Waals surface area contributed by atoms with E-state index in [-0.39, 0.29) is 5.41 Å². The second kappa shape index (κ2) is 4.55. The Morgan fingerprint density at radius 3 is 2.24 bits per heavy atom. The van der Waals surface area contributed by atoms with E-state index in [0.717, 1.165) is 19.3 Å². The topological polar surface area (TPSA) is 75.6 Å². The zero-order chi connectivity index (χ0) is 13.3. The summed E-state index contributed by atoms with van der Waals surface area (Å²) < 4.78 is 5.07. The van der Waals surface area contributed by atoms with Crippen LogP contribution in [0.4, 0.5) is 4.79 Å². The number of amides is 1. The molecule has 1 saturated carbocycles. The molecule has 1 atom stereocenters. The Morgan fingerprint density at radius 1 is 1.41 bits per heavy atom. The van der Waals surface area contributed by atoms with Crippen molar-refractivity contribution in [2.24, 2.45) is 5.41 Å². The van der Waals surface area contributed by atoms with E-state index >= 15 is 0 Å². The molecule has 5 heteroatoms. The number of nitrogens with one attached hydrogen (secondary N) is 1. The summed E-state index contributed by atoms with van der Waals surface area (Å²) in [5.74, 6) is -0.991. The molecule has 17 heavy (non-hydrogen) atoms. The number of alkyl carbamates (subject to hydrolysis) is 1. The Morgan fingerprint density at radius 2 is 1.94 bits per heavy atom. The average Bonchev–Trinajstić information content (AvgIpc) is 2.91. The molecule has 1 fully saturated rings. The first-order chi connectivity index (χ1) is 7.70. The summed E-state index contributed by atoms with van der Waals surface area (Å²) in [6, 6.07) is -0.845. The third-order valence-electron chi connectivity index (χ3n) is 3.12. The van der Waals surface area contributed by atoms with Crippen LogP contribution >= 0.6 is 0 Å². The highest BCUT2D eigenvalue weighted by Crippen LogP contribution is 2.51. The molecular formula is C12H21NO4. The molecule has 1 aliphatic carbocycles. The van der Waals surface area contributed by atoms with Gasteiger partial charge in [-0.25, -0.2) is 9.59 Å². The molecule has 0 aromatic rings. The van der Waals surface area contributed by atoms with E-state index in [1.165, 1.54) is 0 Å². The van der Waals surface area contributed by atoms with Gasteiger partial charge in [-0.3, -0.25) is 0 Å². The van der Waals surface area contributed by atoms with Gasteiger partial charge < -0.3 is 15.2 Å². The molecule has 98 valence electrons. The van der Waals surface area contributed by atoms with Gasteiger partial charge in [0.25, 0.3) is 0 Å². The summed E-state index contributed by atoms with van der Waals surface area (Å²) in [7, 11) is 0. The minimum Gasteiger partial charge on any atom is -0.480 e. The third-order valence-corrected chi connectivity index (χ3v) is 3.12. The smallest absolute Gasteiger partial charge is 0.408 e. The lowest BCUT2D eigenvalue weighted by Crippen LogP contribution is -2.48. The van der Waals surface area contributed by atoms with Gasteiger partial charge in [0, 0.05) is 5.41 Å². The van der Waals surface area contributed by atoms with E-state index in [2.05, 4.69) is 5.32 Å². The molecule has 0 aromatic heterocycles. The van der Waals surface area contributed by atoms with E-state index in [1.54, 1.807) is 20.8 Å². The van der Waals surface area contributed by atoms with Gasteiger partial charge in [-0.05, 0) is 40.0 Å². The van der Waals surface area contributed by atoms with Gasteiger partial charge >= 0.3 is 12.1 Å². The predicted molar refractivity (Wildman–Crippen MR) is 62.8 cm³/mol. The molecule has 1 amide bonds. The lowest BCUT2D eigenvalue weighted by molar-refractivity contribution is -0.141. The van der Waals surface area contributed by atoms with Gasteiger partial charge in [-0.1, -0.05) is 6.92 Å². The minimum absolute atomic E-state index is 0.275. The molecule has 2 N–H and O–H groups in total. The van der Waals surface area contributed by atoms with Crippen LogP contribution in [-0.2, 0) is 9.53 Å². The molecule has 0 aromatic carbocycles. The number of carboxylic acid groups (broad SMARTS) is 1. The lowest BCUT2D eigenvalue weighted by atomic mass is 9.93. The van der Waals surface area contributed by atoms with E-state index in [1.807, 2.05) is 6.92 Å². The van der Waals surface area contributed by atoms with Crippen molar-refractivity contribution < 1.29 is 19.4 Å². The van der Waals surface area contributed by atoms with Gasteiger partial charge in [0.15, 0.2) is 0 Å². The van der Waals surface area contributed by atoms with Gasteiger partial charge in [-0.15, -0.1) is 0 Å². The number of aliphatic carboxylic acids is 1. The summed E-state index contributed by atoms with van der Waals surface area (Å²) in [5, 5.41) is 11.6. The fraction of sp³-hybridized carbons (Fsp3) is 0.833. The number of ether oxygens (including phenoxy) is 1. The highest BCUT2D eigenvalue weighted by molar-refractivity contribution is 5.81. The molecule has 1 unspecified atom stereocenters. The van der Waals surface area contributed by atoms with Gasteiger partial charge in [0.1, 0.15) is 11.6 Å². The van der Waals surface area contributed by atoms with Gasteiger partial charge in [0.2, 0.25) is 0 Å². The standard InChI is InChI=1S/C12H21NO4/c1-5-12(6-7-12)8(9(14)15)13-10(16)17-11(2,3)4/h8H,5-7H2,1-4H3,(H,13,16)(H,14,15). The number of carbonyl (C=O) groups is 2. The Bertz CT molecular complexity index is 315. The molecule has 0 heterocycles. The highest BCUT2D eigenvalue weighted by Gasteiger charge is 2.52. The van der Waals surface area contributed by atoms with Crippen molar-refractivity contribution in [3.8, 4) is 0 Å². The van der Waals surface area contributed by atoms with Crippen LogP contribution in [0.25, 0.3) is 0 Å². The molecule has 0 saturated heterocycles. The van der Waals surface area contributed by atoms with Crippen LogP contribution in [0.1, 0.15) is 47.0 Å². The van der Waals surface area contributed by atoms with Crippen molar-refractivity contribution >= 4 is 12.1 Å². The predicted octanol–water partition coefficient (Wildman–Crippen LogP) is 2.15. The minimum atomic E-state index is -0.991. The second-order valence-corrected chi connectivity index (χ2v) is 5.63. The number of hydrogen-bond donors (Lipinski definition) is 2. The average molecular weight is 243 g/mol. The summed E-state index contributed by atoms with van der Waals surface area (Å²) >= 11 is 0. The molecule has 1 aliphatic rings. The van der Waals surface area contributed by atoms with E-state index in [0.29, 0.717) is 0 Å². The highest BCUT2D eigenvalue weighted by atomic mass is 16.6. The Hall–Kier alpha value is -1.26. The van der Waals surface area contributed by atoms with Crippen LogP contribution < -0.4 is 5.32 Å². The Kier molecular flexibility index (Phi) is 3.69. The number of carbonyl (C=O) groups excluding carboxylic acids is 1. The van der Waals surface area contributed by atoms with Crippen LogP contribution in [0.2, 0.25) is 0 Å². The molecule has 1 rings (SSSR count). The maximum Gasteiger partial charge on any atom is 0.408 e. The van der Waals surface area contributed by atoms with E-state index in [9.17, 15) is 9.59 Å². The van der Waals surface area contributed by atoms with Gasteiger partial charge in [-0.2, -0.15) is 0 Å². The number of hydrogen-bond acceptors (Lipinski definition) is 3. The van der Waals surface area contributed by atoms with Crippen LogP contribution in [0.15, 0.2) is 0 Å². The molecular weight excluding hydrogens is 222 g/mol. The van der Waals surface area contributed by atoms with Crippen LogP contribution in [-0.4, -0.2) is 28.8 Å². The maximum atomic E-state index is 11.6. The van der Waals surface area contributed by atoms with Gasteiger partial charge in [0.05, 0.1) is 0 Å². The second-order valence-electron chi connectivity index (χ2n) is 5.63. The maximum absolute atomic E-state index is 11.6. The summed E-state index contributed by atoms with van der Waals surface area (Å²) in [6.45, 7) is 7.18. The Labute approximate surface area is 102 Å². The van der Waals surface area contributed by atoms with E-state index < -0.39 is 23.7 Å². The fourth-order valence-electron chi connectivity index (χ4n) is 1.91. The molecule has 5 nitrogen and oxygen atoms in total. The summed E-state index contributed by atoms with van der Waals surface area (Å²) in [6.07, 6.45) is 1.77. The summed E-state index contributed by atoms with van der Waals surface area (Å²) in [5.41, 5.74) is -0.890. The zero-order valence-corrected chi connectivity index (χ0v) is 10.9. The SMILES string of the molecule is CCC1(C(NC(=O)OC(C)(C)C)C(=O)O)CC1. The molecule has 0 aliphatic heterocycles. The van der Waals surface area contributed by atoms with E-state index in [4.69, 9.17) is 9.84 Å². The normalized spacial score (nSPS) is 19.3. The van der Waals surface area contributed by atoms with Crippen molar-refractivity contribution in [3.63, 3.8) is 0 Å². The van der Waals surface area contributed by atoms with Crippen LogP contribution in [0.5, 0.6) is 0 Å². The first kappa shape index (κ1) is 13.8. The Balaban J connectivity index is 2.63. The first-order valence-electron chi connectivity index (χ1n) is 5.92.